The van der Waals surface area contributed by atoms with E-state index in [1.165, 1.54) is 0 Å². The molecule has 104 valence electrons. The van der Waals surface area contributed by atoms with Crippen LogP contribution in [0.3, 0.4) is 0 Å². The Bertz CT molecular complexity index is 574. The van der Waals surface area contributed by atoms with E-state index in [-0.39, 0.29) is 11.8 Å². The first-order valence-corrected chi connectivity index (χ1v) is 6.77. The van der Waals surface area contributed by atoms with Gasteiger partial charge in [-0.05, 0) is 25.1 Å². The van der Waals surface area contributed by atoms with Gasteiger partial charge in [0.05, 0.1) is 12.5 Å². The molecule has 1 fully saturated rings. The lowest BCUT2D eigenvalue weighted by atomic mass is 10.1. The number of aromatic nitrogens is 3. The molecule has 3 rings (SSSR count). The summed E-state index contributed by atoms with van der Waals surface area (Å²) in [4.78, 5) is 12.0. The summed E-state index contributed by atoms with van der Waals surface area (Å²) in [5.41, 5.74) is 0.990. The lowest BCUT2D eigenvalue weighted by Crippen LogP contribution is -2.32. The first-order valence-electron chi connectivity index (χ1n) is 6.77. The van der Waals surface area contributed by atoms with Gasteiger partial charge in [0, 0.05) is 12.2 Å². The second-order valence-corrected chi connectivity index (χ2v) is 4.86. The van der Waals surface area contributed by atoms with Crippen molar-refractivity contribution in [1.29, 1.82) is 0 Å². The molecule has 0 bridgehead atoms. The molecule has 1 unspecified atom stereocenters. The van der Waals surface area contributed by atoms with Crippen LogP contribution in [0.2, 0.25) is 0 Å². The van der Waals surface area contributed by atoms with Crippen molar-refractivity contribution in [3.8, 4) is 5.69 Å². The number of para-hydroxylation sites is 1. The van der Waals surface area contributed by atoms with Crippen LogP contribution in [0.5, 0.6) is 0 Å². The number of nitrogens with one attached hydrogen (secondary N) is 2. The van der Waals surface area contributed by atoms with Crippen LogP contribution in [0.25, 0.3) is 5.69 Å². The number of amides is 1. The van der Waals surface area contributed by atoms with Gasteiger partial charge >= 0.3 is 0 Å². The van der Waals surface area contributed by atoms with Gasteiger partial charge in [0.1, 0.15) is 6.33 Å². The van der Waals surface area contributed by atoms with Crippen molar-refractivity contribution in [2.45, 2.75) is 13.0 Å². The maximum atomic E-state index is 12.0. The number of nitrogens with zero attached hydrogens (tertiary/aromatic N) is 3. The van der Waals surface area contributed by atoms with Gasteiger partial charge in [-0.15, -0.1) is 10.2 Å². The minimum Gasteiger partial charge on any atom is -0.349 e. The summed E-state index contributed by atoms with van der Waals surface area (Å²) < 4.78 is 1.88. The predicted molar refractivity (Wildman–Crippen MR) is 74.2 cm³/mol. The molecule has 1 atom stereocenters. The fourth-order valence-electron chi connectivity index (χ4n) is 2.37. The van der Waals surface area contributed by atoms with E-state index in [1.54, 1.807) is 6.33 Å². The minimum atomic E-state index is 0.0723. The predicted octanol–water partition coefficient (Wildman–Crippen LogP) is 0.493. The first-order chi connectivity index (χ1) is 9.84. The van der Waals surface area contributed by atoms with Crippen molar-refractivity contribution >= 4 is 5.91 Å². The number of rotatable bonds is 4. The molecular formula is C14H17N5O. The molecule has 0 saturated carbocycles. The highest BCUT2D eigenvalue weighted by Crippen LogP contribution is 2.10. The lowest BCUT2D eigenvalue weighted by Gasteiger charge is -2.10. The van der Waals surface area contributed by atoms with Gasteiger partial charge in [0.15, 0.2) is 5.82 Å². The second-order valence-electron chi connectivity index (χ2n) is 4.86. The number of hydrogen-bond donors (Lipinski definition) is 2. The summed E-state index contributed by atoms with van der Waals surface area (Å²) in [5.74, 6) is 0.885. The SMILES string of the molecule is O=C(NCc1nncn1-c1ccccc1)C1CCNC1. The van der Waals surface area contributed by atoms with E-state index in [0.717, 1.165) is 31.0 Å². The molecule has 1 saturated heterocycles. The zero-order valence-corrected chi connectivity index (χ0v) is 11.1. The Morgan fingerprint density at radius 3 is 3.00 bits per heavy atom. The van der Waals surface area contributed by atoms with E-state index < -0.39 is 0 Å². The van der Waals surface area contributed by atoms with Crippen LogP contribution in [0.15, 0.2) is 36.7 Å². The van der Waals surface area contributed by atoms with E-state index in [0.29, 0.717) is 6.54 Å². The van der Waals surface area contributed by atoms with Crippen molar-refractivity contribution in [3.05, 3.63) is 42.5 Å². The Balaban J connectivity index is 1.66. The standard InChI is InChI=1S/C14H17N5O/c20-14(11-6-7-15-8-11)16-9-13-18-17-10-19(13)12-4-2-1-3-5-12/h1-5,10-11,15H,6-9H2,(H,16,20). The normalized spacial score (nSPS) is 18.1. The number of hydrogen-bond acceptors (Lipinski definition) is 4. The van der Waals surface area contributed by atoms with E-state index in [1.807, 2.05) is 34.9 Å². The molecule has 1 aromatic carbocycles. The summed E-state index contributed by atoms with van der Waals surface area (Å²) in [6.07, 6.45) is 2.56. The van der Waals surface area contributed by atoms with Gasteiger partial charge in [0.25, 0.3) is 0 Å². The second kappa shape index (κ2) is 5.83. The molecule has 1 aliphatic heterocycles. The number of carbonyl (C=O) groups excluding carboxylic acids is 1. The minimum absolute atomic E-state index is 0.0723. The lowest BCUT2D eigenvalue weighted by molar-refractivity contribution is -0.124. The highest BCUT2D eigenvalue weighted by molar-refractivity contribution is 5.79. The largest absolute Gasteiger partial charge is 0.349 e. The summed E-state index contributed by atoms with van der Waals surface area (Å²) in [6.45, 7) is 2.07. The molecule has 2 N–H and O–H groups in total. The topological polar surface area (TPSA) is 71.8 Å². The average Bonchev–Trinajstić information content (AvgIpc) is 3.17. The van der Waals surface area contributed by atoms with Gasteiger partial charge in [0.2, 0.25) is 5.91 Å². The van der Waals surface area contributed by atoms with Crippen molar-refractivity contribution in [3.63, 3.8) is 0 Å². The van der Waals surface area contributed by atoms with Crippen molar-refractivity contribution in [2.75, 3.05) is 13.1 Å². The van der Waals surface area contributed by atoms with Gasteiger partial charge < -0.3 is 10.6 Å². The number of carbonyl (C=O) groups is 1. The molecule has 0 spiro atoms. The van der Waals surface area contributed by atoms with E-state index in [4.69, 9.17) is 0 Å². The van der Waals surface area contributed by atoms with Crippen molar-refractivity contribution < 1.29 is 4.79 Å². The highest BCUT2D eigenvalue weighted by atomic mass is 16.1. The third kappa shape index (κ3) is 2.70. The first kappa shape index (κ1) is 12.8. The van der Waals surface area contributed by atoms with Crippen LogP contribution in [0, 0.1) is 5.92 Å². The van der Waals surface area contributed by atoms with Crippen molar-refractivity contribution in [2.24, 2.45) is 5.92 Å². The third-order valence-corrected chi connectivity index (χ3v) is 3.50. The molecular weight excluding hydrogens is 254 g/mol. The van der Waals surface area contributed by atoms with Crippen LogP contribution in [0.1, 0.15) is 12.2 Å². The molecule has 2 aromatic rings. The molecule has 1 aliphatic rings. The third-order valence-electron chi connectivity index (χ3n) is 3.50. The van der Waals surface area contributed by atoms with Crippen molar-refractivity contribution in [1.82, 2.24) is 25.4 Å². The van der Waals surface area contributed by atoms with E-state index in [2.05, 4.69) is 20.8 Å². The Labute approximate surface area is 117 Å². The monoisotopic (exact) mass is 271 g/mol. The Kier molecular flexibility index (Phi) is 3.73. The van der Waals surface area contributed by atoms with E-state index >= 15 is 0 Å². The zero-order chi connectivity index (χ0) is 13.8. The fraction of sp³-hybridized carbons (Fsp3) is 0.357. The molecule has 1 amide bonds. The van der Waals surface area contributed by atoms with Gasteiger partial charge in [-0.1, -0.05) is 18.2 Å². The maximum Gasteiger partial charge on any atom is 0.224 e. The summed E-state index contributed by atoms with van der Waals surface area (Å²) in [5, 5.41) is 14.1. The smallest absolute Gasteiger partial charge is 0.224 e. The van der Waals surface area contributed by atoms with Crippen LogP contribution >= 0.6 is 0 Å². The molecule has 0 aliphatic carbocycles. The highest BCUT2D eigenvalue weighted by Gasteiger charge is 2.22. The van der Waals surface area contributed by atoms with E-state index in [9.17, 15) is 4.79 Å². The summed E-state index contributed by atoms with van der Waals surface area (Å²) >= 11 is 0. The van der Waals surface area contributed by atoms with Crippen LogP contribution < -0.4 is 10.6 Å². The molecule has 20 heavy (non-hydrogen) atoms. The molecule has 1 aromatic heterocycles. The van der Waals surface area contributed by atoms with Gasteiger partial charge in [-0.2, -0.15) is 0 Å². The van der Waals surface area contributed by atoms with Gasteiger partial charge in [-0.25, -0.2) is 0 Å². The van der Waals surface area contributed by atoms with Crippen LogP contribution in [-0.2, 0) is 11.3 Å². The van der Waals surface area contributed by atoms with Gasteiger partial charge in [-0.3, -0.25) is 9.36 Å². The quantitative estimate of drug-likeness (QED) is 0.849. The molecule has 6 nitrogen and oxygen atoms in total. The molecule has 6 heteroatoms. The van der Waals surface area contributed by atoms with Crippen LogP contribution in [0.4, 0.5) is 0 Å². The molecule has 0 radical (unpaired) electrons. The Hall–Kier alpha value is -2.21. The Morgan fingerprint density at radius 1 is 1.40 bits per heavy atom. The fourth-order valence-corrected chi connectivity index (χ4v) is 2.37. The Morgan fingerprint density at radius 2 is 2.25 bits per heavy atom. The number of benzene rings is 1. The zero-order valence-electron chi connectivity index (χ0n) is 11.1. The summed E-state index contributed by atoms with van der Waals surface area (Å²) in [7, 11) is 0. The molecule has 2 heterocycles. The maximum absolute atomic E-state index is 12.0. The summed E-state index contributed by atoms with van der Waals surface area (Å²) in [6, 6.07) is 9.84. The van der Waals surface area contributed by atoms with Crippen LogP contribution in [-0.4, -0.2) is 33.8 Å². The average molecular weight is 271 g/mol.